The maximum atomic E-state index is 12.4. The maximum Gasteiger partial charge on any atom is 0.269 e. The molecule has 2 N–H and O–H groups in total. The largest absolute Gasteiger partial charge is 0.486 e. The Morgan fingerprint density at radius 2 is 1.90 bits per heavy atom. The Kier molecular flexibility index (Phi) is 6.82. The predicted molar refractivity (Wildman–Crippen MR) is 115 cm³/mol. The molecule has 0 fully saturated rings. The smallest absolute Gasteiger partial charge is 0.269 e. The molecular formula is C21H19ClN4O4. The molecule has 0 aliphatic carbocycles. The van der Waals surface area contributed by atoms with Gasteiger partial charge in [0.1, 0.15) is 18.4 Å². The first-order valence-corrected chi connectivity index (χ1v) is 9.44. The van der Waals surface area contributed by atoms with E-state index < -0.39 is 11.0 Å². The van der Waals surface area contributed by atoms with E-state index in [1.165, 1.54) is 24.3 Å². The summed E-state index contributed by atoms with van der Waals surface area (Å²) < 4.78 is 5.69. The van der Waals surface area contributed by atoms with Crippen molar-refractivity contribution in [3.05, 3.63) is 87.7 Å². The van der Waals surface area contributed by atoms with E-state index in [0.29, 0.717) is 28.8 Å². The Balaban J connectivity index is 1.56. The monoisotopic (exact) mass is 426 g/mol. The van der Waals surface area contributed by atoms with Gasteiger partial charge in [-0.25, -0.2) is 0 Å². The molecule has 0 saturated carbocycles. The lowest BCUT2D eigenvalue weighted by atomic mass is 10.2. The van der Waals surface area contributed by atoms with Crippen LogP contribution in [0.25, 0.3) is 0 Å². The van der Waals surface area contributed by atoms with Crippen molar-refractivity contribution in [1.82, 2.24) is 4.98 Å². The van der Waals surface area contributed by atoms with Crippen LogP contribution in [0.3, 0.4) is 0 Å². The highest BCUT2D eigenvalue weighted by Crippen LogP contribution is 2.28. The van der Waals surface area contributed by atoms with Gasteiger partial charge in [0.15, 0.2) is 0 Å². The van der Waals surface area contributed by atoms with Crippen LogP contribution in [0.2, 0.25) is 5.02 Å². The average Bonchev–Trinajstić information content (AvgIpc) is 2.74. The number of non-ortho nitro benzene ring substituents is 1. The van der Waals surface area contributed by atoms with E-state index >= 15 is 0 Å². The summed E-state index contributed by atoms with van der Waals surface area (Å²) in [4.78, 5) is 26.8. The van der Waals surface area contributed by atoms with Crippen LogP contribution >= 0.6 is 11.6 Å². The SMILES string of the molecule is CC(Nc1ccc(OCc2ccccn2)c(Cl)c1)C(=O)Nc1ccc([N+](=O)[O-])cc1. The molecule has 0 saturated heterocycles. The lowest BCUT2D eigenvalue weighted by molar-refractivity contribution is -0.384. The molecule has 3 rings (SSSR count). The van der Waals surface area contributed by atoms with Crippen molar-refractivity contribution in [2.24, 2.45) is 0 Å². The van der Waals surface area contributed by atoms with Crippen LogP contribution in [-0.2, 0) is 11.4 Å². The molecule has 1 aromatic heterocycles. The predicted octanol–water partition coefficient (Wildman–Crippen LogP) is 4.66. The summed E-state index contributed by atoms with van der Waals surface area (Å²) in [5, 5.41) is 16.9. The van der Waals surface area contributed by atoms with E-state index in [0.717, 1.165) is 5.69 Å². The fourth-order valence-corrected chi connectivity index (χ4v) is 2.81. The molecule has 1 heterocycles. The number of nitrogens with one attached hydrogen (secondary N) is 2. The highest BCUT2D eigenvalue weighted by Gasteiger charge is 2.14. The Bertz CT molecular complexity index is 1030. The summed E-state index contributed by atoms with van der Waals surface area (Å²) in [5.74, 6) is 0.214. The minimum Gasteiger partial charge on any atom is -0.486 e. The minimum atomic E-state index is -0.573. The Labute approximate surface area is 178 Å². The van der Waals surface area contributed by atoms with Gasteiger partial charge in [-0.3, -0.25) is 19.9 Å². The number of anilines is 2. The highest BCUT2D eigenvalue weighted by atomic mass is 35.5. The van der Waals surface area contributed by atoms with Gasteiger partial charge in [-0.15, -0.1) is 0 Å². The zero-order valence-corrected chi connectivity index (χ0v) is 16.8. The Morgan fingerprint density at radius 1 is 1.17 bits per heavy atom. The van der Waals surface area contributed by atoms with Gasteiger partial charge in [-0.05, 0) is 49.4 Å². The van der Waals surface area contributed by atoms with Gasteiger partial charge in [0, 0.05) is 29.7 Å². The molecule has 0 aliphatic rings. The van der Waals surface area contributed by atoms with Crippen molar-refractivity contribution in [3.63, 3.8) is 0 Å². The number of nitro groups is 1. The highest BCUT2D eigenvalue weighted by molar-refractivity contribution is 6.32. The van der Waals surface area contributed by atoms with Crippen molar-refractivity contribution in [2.75, 3.05) is 10.6 Å². The maximum absolute atomic E-state index is 12.4. The standard InChI is InChI=1S/C21H19ClN4O4/c1-14(21(27)25-15-5-8-18(9-6-15)26(28)29)24-16-7-10-20(19(22)12-16)30-13-17-4-2-3-11-23-17/h2-12,14,24H,13H2,1H3,(H,25,27). The number of carbonyl (C=O) groups excluding carboxylic acids is 1. The molecule has 9 heteroatoms. The fraction of sp³-hybridized carbons (Fsp3) is 0.143. The van der Waals surface area contributed by atoms with Crippen LogP contribution in [0.15, 0.2) is 66.9 Å². The molecule has 0 spiro atoms. The van der Waals surface area contributed by atoms with Gasteiger partial charge < -0.3 is 15.4 Å². The number of benzene rings is 2. The van der Waals surface area contributed by atoms with Crippen LogP contribution in [0, 0.1) is 10.1 Å². The lowest BCUT2D eigenvalue weighted by Gasteiger charge is -2.16. The van der Waals surface area contributed by atoms with Crippen molar-refractivity contribution >= 4 is 34.6 Å². The van der Waals surface area contributed by atoms with Gasteiger partial charge >= 0.3 is 0 Å². The normalized spacial score (nSPS) is 11.4. The van der Waals surface area contributed by atoms with Crippen LogP contribution in [0.4, 0.5) is 17.1 Å². The second-order valence-electron chi connectivity index (χ2n) is 6.41. The van der Waals surface area contributed by atoms with E-state index in [-0.39, 0.29) is 11.6 Å². The van der Waals surface area contributed by atoms with E-state index in [1.54, 1.807) is 31.3 Å². The number of halogens is 1. The fourth-order valence-electron chi connectivity index (χ4n) is 2.58. The molecule has 8 nitrogen and oxygen atoms in total. The minimum absolute atomic E-state index is 0.0424. The average molecular weight is 427 g/mol. The number of nitrogens with zero attached hydrogens (tertiary/aromatic N) is 2. The number of aromatic nitrogens is 1. The molecule has 2 aromatic carbocycles. The van der Waals surface area contributed by atoms with Crippen molar-refractivity contribution in [1.29, 1.82) is 0 Å². The molecule has 1 unspecified atom stereocenters. The number of hydrogen-bond acceptors (Lipinski definition) is 6. The zero-order valence-electron chi connectivity index (χ0n) is 16.0. The number of rotatable bonds is 8. The van der Waals surface area contributed by atoms with Crippen LogP contribution in [0.5, 0.6) is 5.75 Å². The third kappa shape index (κ3) is 5.68. The first-order chi connectivity index (χ1) is 14.4. The number of carbonyl (C=O) groups is 1. The van der Waals surface area contributed by atoms with Gasteiger partial charge in [0.2, 0.25) is 5.91 Å². The van der Waals surface area contributed by atoms with Crippen LogP contribution in [-0.4, -0.2) is 21.9 Å². The van der Waals surface area contributed by atoms with E-state index in [9.17, 15) is 14.9 Å². The number of amides is 1. The Hall–Kier alpha value is -3.65. The zero-order chi connectivity index (χ0) is 21.5. The summed E-state index contributed by atoms with van der Waals surface area (Å²) >= 11 is 6.29. The van der Waals surface area contributed by atoms with Gasteiger partial charge in [-0.1, -0.05) is 17.7 Å². The van der Waals surface area contributed by atoms with E-state index in [1.807, 2.05) is 18.2 Å². The van der Waals surface area contributed by atoms with Crippen LogP contribution < -0.4 is 15.4 Å². The summed E-state index contributed by atoms with van der Waals surface area (Å²) in [5.41, 5.74) is 1.86. The van der Waals surface area contributed by atoms with Crippen LogP contribution in [0.1, 0.15) is 12.6 Å². The second-order valence-corrected chi connectivity index (χ2v) is 6.82. The van der Waals surface area contributed by atoms with Gasteiger partial charge in [0.05, 0.1) is 15.6 Å². The molecule has 1 amide bonds. The van der Waals surface area contributed by atoms with E-state index in [4.69, 9.17) is 16.3 Å². The first-order valence-electron chi connectivity index (χ1n) is 9.06. The molecule has 1 atom stereocenters. The third-order valence-electron chi connectivity index (χ3n) is 4.16. The number of nitro benzene ring substituents is 1. The topological polar surface area (TPSA) is 106 Å². The Morgan fingerprint density at radius 3 is 2.53 bits per heavy atom. The summed E-state index contributed by atoms with van der Waals surface area (Å²) in [6, 6.07) is 15.8. The van der Waals surface area contributed by atoms with Gasteiger partial charge in [-0.2, -0.15) is 0 Å². The summed E-state index contributed by atoms with van der Waals surface area (Å²) in [6.45, 7) is 1.99. The molecule has 0 aliphatic heterocycles. The van der Waals surface area contributed by atoms with Gasteiger partial charge in [0.25, 0.3) is 5.69 Å². The second kappa shape index (κ2) is 9.71. The summed E-state index contributed by atoms with van der Waals surface area (Å²) in [6.07, 6.45) is 1.69. The quantitative estimate of drug-likeness (QED) is 0.400. The molecule has 0 radical (unpaired) electrons. The number of pyridine rings is 1. The van der Waals surface area contributed by atoms with Crippen molar-refractivity contribution in [2.45, 2.75) is 19.6 Å². The van der Waals surface area contributed by atoms with E-state index in [2.05, 4.69) is 15.6 Å². The molecule has 30 heavy (non-hydrogen) atoms. The number of ether oxygens (including phenoxy) is 1. The number of hydrogen-bond donors (Lipinski definition) is 2. The molecule has 154 valence electrons. The van der Waals surface area contributed by atoms with Crippen molar-refractivity contribution < 1.29 is 14.5 Å². The molecule has 0 bridgehead atoms. The summed E-state index contributed by atoms with van der Waals surface area (Å²) in [7, 11) is 0. The molecular weight excluding hydrogens is 408 g/mol. The molecule has 3 aromatic rings. The van der Waals surface area contributed by atoms with Crippen molar-refractivity contribution in [3.8, 4) is 5.75 Å². The lowest BCUT2D eigenvalue weighted by Crippen LogP contribution is -2.31. The first kappa shape index (κ1) is 21.1. The third-order valence-corrected chi connectivity index (χ3v) is 4.45.